The molecule has 0 heterocycles. The molecule has 0 bridgehead atoms. The minimum atomic E-state index is 0. The lowest BCUT2D eigenvalue weighted by atomic mass is 10.2. The van der Waals surface area contributed by atoms with Crippen LogP contribution >= 0.6 is 24.2 Å². The maximum atomic E-state index is 12.0. The Morgan fingerprint density at radius 1 is 1.37 bits per heavy atom. The van der Waals surface area contributed by atoms with E-state index in [-0.39, 0.29) is 23.6 Å². The first-order valence-electron chi connectivity index (χ1n) is 6.20. The minimum Gasteiger partial charge on any atom is -0.344 e. The number of rotatable bonds is 7. The Labute approximate surface area is 126 Å². The first-order chi connectivity index (χ1) is 8.65. The van der Waals surface area contributed by atoms with Crippen LogP contribution in [0.1, 0.15) is 12.5 Å². The third kappa shape index (κ3) is 6.85. The van der Waals surface area contributed by atoms with E-state index in [9.17, 15) is 4.79 Å². The van der Waals surface area contributed by atoms with Gasteiger partial charge in [0.15, 0.2) is 0 Å². The van der Waals surface area contributed by atoms with Crippen LogP contribution in [0.4, 0.5) is 0 Å². The fraction of sp³-hybridized carbons (Fsp3) is 0.500. The van der Waals surface area contributed by atoms with Gasteiger partial charge < -0.3 is 10.2 Å². The third-order valence-electron chi connectivity index (χ3n) is 2.76. The van der Waals surface area contributed by atoms with Crippen LogP contribution in [-0.4, -0.2) is 43.2 Å². The number of likely N-dealkylation sites (N-methyl/N-ethyl adjacent to an activating group) is 2. The Hall–Kier alpha value is -0.710. The number of hydrogen-bond donors (Lipinski definition) is 1. The predicted molar refractivity (Wildman–Crippen MR) is 86.0 cm³/mol. The average molecular weight is 303 g/mol. The zero-order valence-corrected chi connectivity index (χ0v) is 13.4. The van der Waals surface area contributed by atoms with E-state index < -0.39 is 0 Å². The highest BCUT2D eigenvalue weighted by atomic mass is 35.5. The maximum absolute atomic E-state index is 12.0. The van der Waals surface area contributed by atoms with Crippen molar-refractivity contribution in [1.82, 2.24) is 10.2 Å². The molecule has 0 aliphatic carbocycles. The number of thioether (sulfide) groups is 1. The van der Waals surface area contributed by atoms with Crippen molar-refractivity contribution < 1.29 is 4.79 Å². The number of benzene rings is 1. The predicted octanol–water partition coefficient (Wildman–Crippen LogP) is 2.41. The largest absolute Gasteiger partial charge is 0.344 e. The normalized spacial score (nSPS) is 11.5. The number of nitrogens with one attached hydrogen (secondary N) is 1. The van der Waals surface area contributed by atoms with E-state index in [1.165, 1.54) is 5.56 Å². The molecule has 0 fully saturated rings. The number of amides is 1. The smallest absolute Gasteiger partial charge is 0.235 e. The van der Waals surface area contributed by atoms with Crippen LogP contribution in [-0.2, 0) is 10.5 Å². The number of carbonyl (C=O) groups is 1. The molecule has 0 saturated carbocycles. The number of halogens is 1. The second-order valence-corrected chi connectivity index (χ2v) is 5.63. The van der Waals surface area contributed by atoms with Crippen molar-refractivity contribution in [1.29, 1.82) is 0 Å². The molecule has 1 unspecified atom stereocenters. The Balaban J connectivity index is 0.00000324. The highest BCUT2D eigenvalue weighted by Gasteiger charge is 2.17. The molecule has 3 nitrogen and oxygen atoms in total. The molecule has 1 rings (SSSR count). The molecule has 108 valence electrons. The lowest BCUT2D eigenvalue weighted by molar-refractivity contribution is -0.128. The second-order valence-electron chi connectivity index (χ2n) is 4.30. The van der Waals surface area contributed by atoms with Crippen molar-refractivity contribution in [3.8, 4) is 0 Å². The summed E-state index contributed by atoms with van der Waals surface area (Å²) in [5.74, 6) is 1.08. The third-order valence-corrected chi connectivity index (χ3v) is 3.97. The molecular weight excluding hydrogens is 280 g/mol. The summed E-state index contributed by atoms with van der Waals surface area (Å²) in [6.45, 7) is 3.57. The van der Waals surface area contributed by atoms with Gasteiger partial charge in [-0.1, -0.05) is 30.3 Å². The number of hydrogen-bond acceptors (Lipinski definition) is 3. The molecule has 1 N–H and O–H groups in total. The highest BCUT2D eigenvalue weighted by Crippen LogP contribution is 2.18. The molecule has 0 aliphatic rings. The van der Waals surface area contributed by atoms with Crippen LogP contribution in [0.15, 0.2) is 30.3 Å². The van der Waals surface area contributed by atoms with E-state index in [0.29, 0.717) is 0 Å². The summed E-state index contributed by atoms with van der Waals surface area (Å²) in [6, 6.07) is 10.3. The molecular formula is C14H23ClN2OS. The summed E-state index contributed by atoms with van der Waals surface area (Å²) < 4.78 is 0. The topological polar surface area (TPSA) is 32.3 Å². The summed E-state index contributed by atoms with van der Waals surface area (Å²) in [4.78, 5) is 13.8. The fourth-order valence-electron chi connectivity index (χ4n) is 1.57. The lowest BCUT2D eigenvalue weighted by Gasteiger charge is -2.21. The number of carbonyl (C=O) groups excluding carboxylic acids is 1. The average Bonchev–Trinajstić information content (AvgIpc) is 2.42. The van der Waals surface area contributed by atoms with Crippen molar-refractivity contribution in [2.75, 3.05) is 27.2 Å². The minimum absolute atomic E-state index is 0. The second kappa shape index (κ2) is 10.1. The molecule has 0 aromatic heterocycles. The van der Waals surface area contributed by atoms with Crippen molar-refractivity contribution in [2.45, 2.75) is 17.9 Å². The summed E-state index contributed by atoms with van der Waals surface area (Å²) in [5, 5.41) is 3.06. The Kier molecular flexibility index (Phi) is 9.74. The van der Waals surface area contributed by atoms with E-state index in [0.717, 1.165) is 18.8 Å². The van der Waals surface area contributed by atoms with Crippen molar-refractivity contribution in [3.63, 3.8) is 0 Å². The molecule has 0 saturated heterocycles. The van der Waals surface area contributed by atoms with Gasteiger partial charge in [0, 0.05) is 25.9 Å². The quantitative estimate of drug-likeness (QED) is 0.839. The van der Waals surface area contributed by atoms with Crippen LogP contribution in [0.25, 0.3) is 0 Å². The van der Waals surface area contributed by atoms with E-state index >= 15 is 0 Å². The van der Waals surface area contributed by atoms with Gasteiger partial charge in [-0.05, 0) is 19.5 Å². The Bertz CT molecular complexity index is 362. The molecule has 5 heteroatoms. The van der Waals surface area contributed by atoms with Gasteiger partial charge in [0.25, 0.3) is 0 Å². The van der Waals surface area contributed by atoms with Crippen LogP contribution in [0.3, 0.4) is 0 Å². The fourth-order valence-corrected chi connectivity index (χ4v) is 2.52. The first-order valence-corrected chi connectivity index (χ1v) is 7.25. The van der Waals surface area contributed by atoms with Crippen LogP contribution < -0.4 is 5.32 Å². The summed E-state index contributed by atoms with van der Waals surface area (Å²) in [7, 11) is 3.76. The van der Waals surface area contributed by atoms with Gasteiger partial charge in [0.05, 0.1) is 5.25 Å². The van der Waals surface area contributed by atoms with Crippen LogP contribution in [0.5, 0.6) is 0 Å². The highest BCUT2D eigenvalue weighted by molar-refractivity contribution is 7.99. The van der Waals surface area contributed by atoms with Gasteiger partial charge in [0.1, 0.15) is 0 Å². The van der Waals surface area contributed by atoms with Crippen molar-refractivity contribution in [3.05, 3.63) is 35.9 Å². The van der Waals surface area contributed by atoms with Gasteiger partial charge in [-0.15, -0.1) is 24.2 Å². The summed E-state index contributed by atoms with van der Waals surface area (Å²) in [5.41, 5.74) is 1.26. The summed E-state index contributed by atoms with van der Waals surface area (Å²) in [6.07, 6.45) is 0. The molecule has 1 amide bonds. The first kappa shape index (κ1) is 18.3. The molecule has 0 aliphatic heterocycles. The number of nitrogens with zero attached hydrogens (tertiary/aromatic N) is 1. The molecule has 1 aromatic rings. The van der Waals surface area contributed by atoms with Crippen molar-refractivity contribution >= 4 is 30.1 Å². The van der Waals surface area contributed by atoms with Gasteiger partial charge in [0.2, 0.25) is 5.91 Å². The lowest BCUT2D eigenvalue weighted by Crippen LogP contribution is -2.37. The molecule has 0 spiro atoms. The molecule has 1 atom stereocenters. The summed E-state index contributed by atoms with van der Waals surface area (Å²) >= 11 is 1.69. The van der Waals surface area contributed by atoms with Crippen molar-refractivity contribution in [2.24, 2.45) is 0 Å². The zero-order valence-electron chi connectivity index (χ0n) is 11.8. The van der Waals surface area contributed by atoms with E-state index in [2.05, 4.69) is 17.4 Å². The SMILES string of the molecule is CNCCN(C)C(=O)C(C)SCc1ccccc1.Cl. The zero-order chi connectivity index (χ0) is 13.4. The maximum Gasteiger partial charge on any atom is 0.235 e. The molecule has 19 heavy (non-hydrogen) atoms. The van der Waals surface area contributed by atoms with E-state index in [1.807, 2.05) is 39.2 Å². The standard InChI is InChI=1S/C14H22N2OS.ClH/c1-12(14(17)16(3)10-9-15-2)18-11-13-7-5-4-6-8-13;/h4-8,12,15H,9-11H2,1-3H3;1H. The van der Waals surface area contributed by atoms with Gasteiger partial charge in [-0.2, -0.15) is 0 Å². The van der Waals surface area contributed by atoms with Gasteiger partial charge in [-0.25, -0.2) is 0 Å². The van der Waals surface area contributed by atoms with E-state index in [1.54, 1.807) is 16.7 Å². The monoisotopic (exact) mass is 302 g/mol. The van der Waals surface area contributed by atoms with Gasteiger partial charge >= 0.3 is 0 Å². The molecule has 1 aromatic carbocycles. The van der Waals surface area contributed by atoms with Crippen LogP contribution in [0.2, 0.25) is 0 Å². The van der Waals surface area contributed by atoms with Gasteiger partial charge in [-0.3, -0.25) is 4.79 Å². The van der Waals surface area contributed by atoms with E-state index in [4.69, 9.17) is 0 Å². The molecule has 0 radical (unpaired) electrons. The Morgan fingerprint density at radius 3 is 2.58 bits per heavy atom. The van der Waals surface area contributed by atoms with Crippen LogP contribution in [0, 0.1) is 0 Å². The Morgan fingerprint density at radius 2 is 2.00 bits per heavy atom.